The van der Waals surface area contributed by atoms with Crippen molar-refractivity contribution >= 4 is 13.1 Å². The third-order valence-electron chi connectivity index (χ3n) is 1.96. The molecule has 0 amide bonds. The summed E-state index contributed by atoms with van der Waals surface area (Å²) >= 11 is 0. The number of rotatable bonds is 3. The Balaban J connectivity index is 2.72. The van der Waals surface area contributed by atoms with Gasteiger partial charge in [-0.25, -0.2) is 4.79 Å². The maximum atomic E-state index is 11.3. The number of carbonyl (C=O) groups excluding carboxylic acids is 1. The van der Waals surface area contributed by atoms with Crippen LogP contribution in [0.25, 0.3) is 0 Å². The van der Waals surface area contributed by atoms with Crippen LogP contribution in [0.1, 0.15) is 6.92 Å². The van der Waals surface area contributed by atoms with Gasteiger partial charge in [0.2, 0.25) is 0 Å². The molecule has 1 unspecified atom stereocenters. The predicted octanol–water partition coefficient (Wildman–Crippen LogP) is 0.445. The Morgan fingerprint density at radius 1 is 1.53 bits per heavy atom. The van der Waals surface area contributed by atoms with Crippen molar-refractivity contribution in [3.05, 3.63) is 36.0 Å². The quantitative estimate of drug-likeness (QED) is 0.521. The molecule has 4 nitrogen and oxygen atoms in total. The summed E-state index contributed by atoms with van der Waals surface area (Å²) in [6, 6.07) is 0. The van der Waals surface area contributed by atoms with Gasteiger partial charge in [0, 0.05) is 5.82 Å². The van der Waals surface area contributed by atoms with E-state index in [9.17, 15) is 4.79 Å². The third kappa shape index (κ3) is 3.38. The molecule has 0 spiro atoms. The summed E-state index contributed by atoms with van der Waals surface area (Å²) in [7, 11) is -1.45. The highest BCUT2D eigenvalue weighted by molar-refractivity contribution is 6.44. The number of esters is 1. The first-order valence-corrected chi connectivity index (χ1v) is 4.75. The van der Waals surface area contributed by atoms with E-state index in [1.165, 1.54) is 6.08 Å². The molecular formula is C10H13BO4. The highest BCUT2D eigenvalue weighted by Crippen LogP contribution is 2.17. The second kappa shape index (κ2) is 5.53. The van der Waals surface area contributed by atoms with Crippen molar-refractivity contribution in [1.29, 1.82) is 0 Å². The lowest BCUT2D eigenvalue weighted by molar-refractivity contribution is -0.138. The second-order valence-corrected chi connectivity index (χ2v) is 3.08. The molecule has 1 rings (SSSR count). The lowest BCUT2D eigenvalue weighted by Crippen LogP contribution is -2.16. The van der Waals surface area contributed by atoms with E-state index in [0.29, 0.717) is 12.2 Å². The van der Waals surface area contributed by atoms with Crippen LogP contribution in [0, 0.1) is 0 Å². The minimum Gasteiger partial charge on any atom is -0.462 e. The van der Waals surface area contributed by atoms with Gasteiger partial charge in [0.25, 0.3) is 0 Å². The van der Waals surface area contributed by atoms with Gasteiger partial charge in [0.15, 0.2) is 0 Å². The van der Waals surface area contributed by atoms with Gasteiger partial charge in [-0.05, 0) is 13.0 Å². The standard InChI is InChI=1S/C10H13BO4/c1-2-15-10(12)8-4-3-5-9(7-6-8)11(13)14/h3-7,9,13-14H,2H2,1H3. The van der Waals surface area contributed by atoms with Crippen molar-refractivity contribution in [2.75, 3.05) is 6.61 Å². The van der Waals surface area contributed by atoms with E-state index in [2.05, 4.69) is 0 Å². The summed E-state index contributed by atoms with van der Waals surface area (Å²) in [4.78, 5) is 11.3. The van der Waals surface area contributed by atoms with Gasteiger partial charge in [0.05, 0.1) is 12.2 Å². The monoisotopic (exact) mass is 208 g/mol. The molecule has 0 saturated heterocycles. The van der Waals surface area contributed by atoms with Gasteiger partial charge in [0.1, 0.15) is 0 Å². The molecule has 0 aromatic heterocycles. The maximum absolute atomic E-state index is 11.3. The van der Waals surface area contributed by atoms with Crippen molar-refractivity contribution in [2.24, 2.45) is 0 Å². The second-order valence-electron chi connectivity index (χ2n) is 3.08. The fraction of sp³-hybridized carbons (Fsp3) is 0.300. The molecule has 1 aliphatic carbocycles. The van der Waals surface area contributed by atoms with Crippen LogP contribution in [0.4, 0.5) is 0 Å². The fourth-order valence-electron chi connectivity index (χ4n) is 1.17. The average molecular weight is 208 g/mol. The van der Waals surface area contributed by atoms with E-state index in [0.717, 1.165) is 0 Å². The molecule has 0 heterocycles. The zero-order valence-corrected chi connectivity index (χ0v) is 8.46. The van der Waals surface area contributed by atoms with Gasteiger partial charge >= 0.3 is 13.1 Å². The zero-order valence-electron chi connectivity index (χ0n) is 8.46. The highest BCUT2D eigenvalue weighted by atomic mass is 16.5. The van der Waals surface area contributed by atoms with Crippen LogP contribution < -0.4 is 0 Å². The van der Waals surface area contributed by atoms with Crippen molar-refractivity contribution in [3.63, 3.8) is 0 Å². The van der Waals surface area contributed by atoms with Crippen LogP contribution in [0.5, 0.6) is 0 Å². The Kier molecular flexibility index (Phi) is 4.33. The van der Waals surface area contributed by atoms with E-state index in [1.54, 1.807) is 31.2 Å². The molecule has 0 fully saturated rings. The smallest absolute Gasteiger partial charge is 0.462 e. The first-order valence-electron chi connectivity index (χ1n) is 4.75. The molecule has 0 saturated carbocycles. The molecule has 2 N–H and O–H groups in total. The highest BCUT2D eigenvalue weighted by Gasteiger charge is 2.19. The summed E-state index contributed by atoms with van der Waals surface area (Å²) in [6.45, 7) is 2.05. The van der Waals surface area contributed by atoms with Crippen LogP contribution in [-0.2, 0) is 9.53 Å². The molecule has 0 aromatic rings. The van der Waals surface area contributed by atoms with Crippen LogP contribution >= 0.6 is 0 Å². The number of hydrogen-bond donors (Lipinski definition) is 2. The fourth-order valence-corrected chi connectivity index (χ4v) is 1.17. The topological polar surface area (TPSA) is 66.8 Å². The van der Waals surface area contributed by atoms with Crippen LogP contribution in [0.3, 0.4) is 0 Å². The summed E-state index contributed by atoms with van der Waals surface area (Å²) < 4.78 is 4.82. The molecule has 1 aliphatic rings. The van der Waals surface area contributed by atoms with Crippen molar-refractivity contribution in [2.45, 2.75) is 12.7 Å². The Morgan fingerprint density at radius 3 is 2.87 bits per heavy atom. The minimum atomic E-state index is -1.45. The molecular weight excluding hydrogens is 195 g/mol. The average Bonchev–Trinajstić information content (AvgIpc) is 2.43. The summed E-state index contributed by atoms with van der Waals surface area (Å²) in [5.41, 5.74) is 0.399. The minimum absolute atomic E-state index is 0.319. The predicted molar refractivity (Wildman–Crippen MR) is 56.9 cm³/mol. The van der Waals surface area contributed by atoms with Crippen LogP contribution in [-0.4, -0.2) is 29.7 Å². The molecule has 5 heteroatoms. The molecule has 0 radical (unpaired) electrons. The van der Waals surface area contributed by atoms with Gasteiger partial charge in [-0.2, -0.15) is 0 Å². The van der Waals surface area contributed by atoms with Crippen LogP contribution in [0.15, 0.2) is 36.0 Å². The molecule has 1 atom stereocenters. The van der Waals surface area contributed by atoms with E-state index < -0.39 is 18.9 Å². The zero-order chi connectivity index (χ0) is 11.3. The first-order chi connectivity index (χ1) is 7.15. The van der Waals surface area contributed by atoms with E-state index in [1.807, 2.05) is 0 Å². The number of carbonyl (C=O) groups is 1. The Hall–Kier alpha value is -1.33. The number of allylic oxidation sites excluding steroid dienone is 4. The largest absolute Gasteiger partial charge is 0.462 e. The summed E-state index contributed by atoms with van der Waals surface area (Å²) in [6.07, 6.45) is 7.87. The molecule has 0 aromatic carbocycles. The van der Waals surface area contributed by atoms with Gasteiger partial charge in [-0.3, -0.25) is 0 Å². The number of hydrogen-bond acceptors (Lipinski definition) is 4. The first kappa shape index (κ1) is 11.7. The molecule has 15 heavy (non-hydrogen) atoms. The SMILES string of the molecule is CCOC(=O)C1=CC=CC(B(O)O)C=C1. The Labute approximate surface area is 88.7 Å². The Morgan fingerprint density at radius 2 is 2.27 bits per heavy atom. The van der Waals surface area contributed by atoms with E-state index in [-0.39, 0.29) is 0 Å². The Bertz CT molecular complexity index is 317. The number of ether oxygens (including phenoxy) is 1. The van der Waals surface area contributed by atoms with Gasteiger partial charge < -0.3 is 14.8 Å². The van der Waals surface area contributed by atoms with Gasteiger partial charge in [-0.1, -0.05) is 24.3 Å². The molecule has 0 bridgehead atoms. The summed E-state index contributed by atoms with van der Waals surface area (Å²) in [5, 5.41) is 17.9. The van der Waals surface area contributed by atoms with E-state index >= 15 is 0 Å². The van der Waals surface area contributed by atoms with Gasteiger partial charge in [-0.15, -0.1) is 0 Å². The van der Waals surface area contributed by atoms with Crippen LogP contribution in [0.2, 0.25) is 5.82 Å². The molecule has 0 aliphatic heterocycles. The van der Waals surface area contributed by atoms with Crippen molar-refractivity contribution in [1.82, 2.24) is 0 Å². The van der Waals surface area contributed by atoms with Crippen molar-refractivity contribution < 1.29 is 19.6 Å². The summed E-state index contributed by atoms with van der Waals surface area (Å²) in [5.74, 6) is -0.903. The van der Waals surface area contributed by atoms with E-state index in [4.69, 9.17) is 14.8 Å². The third-order valence-corrected chi connectivity index (χ3v) is 1.96. The normalized spacial score (nSPS) is 19.4. The molecule has 80 valence electrons. The lowest BCUT2D eigenvalue weighted by atomic mass is 9.72. The maximum Gasteiger partial charge on any atom is 0.462 e. The van der Waals surface area contributed by atoms with Crippen molar-refractivity contribution in [3.8, 4) is 0 Å². The lowest BCUT2D eigenvalue weighted by Gasteiger charge is -2.03.